The van der Waals surface area contributed by atoms with E-state index in [1.807, 2.05) is 42.5 Å². The highest BCUT2D eigenvalue weighted by molar-refractivity contribution is 5.83. The van der Waals surface area contributed by atoms with Crippen LogP contribution < -0.4 is 10.1 Å². The van der Waals surface area contributed by atoms with Gasteiger partial charge in [0.2, 0.25) is 5.91 Å². The first kappa shape index (κ1) is 20.0. The number of nitrogens with one attached hydrogen (secondary N) is 1. The van der Waals surface area contributed by atoms with Crippen molar-refractivity contribution in [2.45, 2.75) is 33.2 Å². The average Bonchev–Trinajstić information content (AvgIpc) is 2.66. The molecule has 4 heteroatoms. The van der Waals surface area contributed by atoms with Gasteiger partial charge >= 0.3 is 0 Å². The van der Waals surface area contributed by atoms with Gasteiger partial charge in [-0.1, -0.05) is 61.9 Å². The molecular formula is C22H30N2O2. The van der Waals surface area contributed by atoms with Crippen molar-refractivity contribution in [3.63, 3.8) is 0 Å². The zero-order chi connectivity index (χ0) is 18.9. The van der Waals surface area contributed by atoms with Gasteiger partial charge in [0.05, 0.1) is 7.11 Å². The average molecular weight is 354 g/mol. The SMILES string of the molecule is CCN(CC)C(C(=O)NCCc1cc(C)ccc1OC)c1ccccc1. The molecule has 2 aromatic carbocycles. The van der Waals surface area contributed by atoms with Gasteiger partial charge in [-0.05, 0) is 43.6 Å². The van der Waals surface area contributed by atoms with E-state index in [0.29, 0.717) is 6.54 Å². The van der Waals surface area contributed by atoms with Crippen LogP contribution in [0.4, 0.5) is 0 Å². The number of amides is 1. The van der Waals surface area contributed by atoms with Crippen molar-refractivity contribution in [3.05, 3.63) is 65.2 Å². The van der Waals surface area contributed by atoms with Crippen LogP contribution in [0.15, 0.2) is 48.5 Å². The van der Waals surface area contributed by atoms with Crippen LogP contribution in [-0.4, -0.2) is 37.6 Å². The summed E-state index contributed by atoms with van der Waals surface area (Å²) in [6.07, 6.45) is 0.746. The molecule has 2 aromatic rings. The number of nitrogens with zero attached hydrogens (tertiary/aromatic N) is 1. The summed E-state index contributed by atoms with van der Waals surface area (Å²) in [6, 6.07) is 15.9. The topological polar surface area (TPSA) is 41.6 Å². The van der Waals surface area contributed by atoms with Crippen LogP contribution >= 0.6 is 0 Å². The second-order valence-corrected chi connectivity index (χ2v) is 6.39. The molecule has 1 atom stereocenters. The molecule has 0 saturated heterocycles. The smallest absolute Gasteiger partial charge is 0.241 e. The van der Waals surface area contributed by atoms with Crippen molar-refractivity contribution in [1.82, 2.24) is 10.2 Å². The minimum Gasteiger partial charge on any atom is -0.496 e. The second-order valence-electron chi connectivity index (χ2n) is 6.39. The largest absolute Gasteiger partial charge is 0.496 e. The fourth-order valence-corrected chi connectivity index (χ4v) is 3.27. The van der Waals surface area contributed by atoms with Crippen molar-refractivity contribution < 1.29 is 9.53 Å². The van der Waals surface area contributed by atoms with Gasteiger partial charge in [-0.2, -0.15) is 0 Å². The van der Waals surface area contributed by atoms with Crippen molar-refractivity contribution in [3.8, 4) is 5.75 Å². The third kappa shape index (κ3) is 5.09. The number of carbonyl (C=O) groups is 1. The van der Waals surface area contributed by atoms with Crippen LogP contribution in [0.1, 0.15) is 36.6 Å². The van der Waals surface area contributed by atoms with E-state index in [1.54, 1.807) is 7.11 Å². The zero-order valence-electron chi connectivity index (χ0n) is 16.3. The molecule has 26 heavy (non-hydrogen) atoms. The van der Waals surface area contributed by atoms with E-state index in [2.05, 4.69) is 37.1 Å². The third-order valence-corrected chi connectivity index (χ3v) is 4.67. The van der Waals surface area contributed by atoms with Gasteiger partial charge in [0.1, 0.15) is 11.8 Å². The van der Waals surface area contributed by atoms with Gasteiger partial charge in [-0.25, -0.2) is 0 Å². The molecule has 1 amide bonds. The molecule has 0 aromatic heterocycles. The first-order valence-corrected chi connectivity index (χ1v) is 9.30. The normalized spacial score (nSPS) is 12.0. The number of likely N-dealkylation sites (N-methyl/N-ethyl adjacent to an activating group) is 1. The molecule has 0 radical (unpaired) electrons. The van der Waals surface area contributed by atoms with Crippen LogP contribution in [0.5, 0.6) is 5.75 Å². The monoisotopic (exact) mass is 354 g/mol. The van der Waals surface area contributed by atoms with Crippen LogP contribution in [0.2, 0.25) is 0 Å². The molecule has 4 nitrogen and oxygen atoms in total. The molecule has 0 spiro atoms. The lowest BCUT2D eigenvalue weighted by Gasteiger charge is -2.29. The summed E-state index contributed by atoms with van der Waals surface area (Å²) in [5.74, 6) is 0.916. The number of methoxy groups -OCH3 is 1. The lowest BCUT2D eigenvalue weighted by Crippen LogP contribution is -2.41. The minimum atomic E-state index is -0.259. The molecule has 0 bridgehead atoms. The minimum absolute atomic E-state index is 0.0477. The van der Waals surface area contributed by atoms with E-state index in [1.165, 1.54) is 5.56 Å². The molecule has 0 aliphatic carbocycles. The van der Waals surface area contributed by atoms with Crippen molar-refractivity contribution in [2.75, 3.05) is 26.7 Å². The van der Waals surface area contributed by atoms with E-state index in [9.17, 15) is 4.79 Å². The lowest BCUT2D eigenvalue weighted by molar-refractivity contribution is -0.126. The van der Waals surface area contributed by atoms with Crippen LogP contribution in [0.3, 0.4) is 0 Å². The Labute approximate surface area is 157 Å². The predicted octanol–water partition coefficient (Wildman–Crippen LogP) is 3.75. The molecule has 0 aliphatic heterocycles. The first-order chi connectivity index (χ1) is 12.6. The fourth-order valence-electron chi connectivity index (χ4n) is 3.27. The van der Waals surface area contributed by atoms with E-state index < -0.39 is 0 Å². The molecule has 0 fully saturated rings. The first-order valence-electron chi connectivity index (χ1n) is 9.30. The molecule has 2 rings (SSSR count). The summed E-state index contributed by atoms with van der Waals surface area (Å²) in [4.78, 5) is 15.1. The highest BCUT2D eigenvalue weighted by Gasteiger charge is 2.25. The maximum absolute atomic E-state index is 12.9. The number of aryl methyl sites for hydroxylation is 1. The highest BCUT2D eigenvalue weighted by atomic mass is 16.5. The molecule has 0 heterocycles. The van der Waals surface area contributed by atoms with E-state index in [4.69, 9.17) is 4.74 Å². The number of hydrogen-bond acceptors (Lipinski definition) is 3. The quantitative estimate of drug-likeness (QED) is 0.746. The van der Waals surface area contributed by atoms with Crippen molar-refractivity contribution >= 4 is 5.91 Å². The van der Waals surface area contributed by atoms with Gasteiger partial charge in [-0.15, -0.1) is 0 Å². The Morgan fingerprint density at radius 3 is 2.42 bits per heavy atom. The Morgan fingerprint density at radius 1 is 1.12 bits per heavy atom. The second kappa shape index (κ2) is 9.97. The molecule has 0 saturated carbocycles. The van der Waals surface area contributed by atoms with Crippen LogP contribution in [0, 0.1) is 6.92 Å². The Bertz CT molecular complexity index is 697. The summed E-state index contributed by atoms with van der Waals surface area (Å²) in [6.45, 7) is 8.48. The van der Waals surface area contributed by atoms with Gasteiger partial charge < -0.3 is 10.1 Å². The Balaban J connectivity index is 2.07. The Kier molecular flexibility index (Phi) is 7.67. The maximum Gasteiger partial charge on any atom is 0.241 e. The summed E-state index contributed by atoms with van der Waals surface area (Å²) >= 11 is 0. The van der Waals surface area contributed by atoms with E-state index in [-0.39, 0.29) is 11.9 Å². The Morgan fingerprint density at radius 2 is 1.81 bits per heavy atom. The Hall–Kier alpha value is -2.33. The molecule has 1 N–H and O–H groups in total. The van der Waals surface area contributed by atoms with Crippen molar-refractivity contribution in [1.29, 1.82) is 0 Å². The van der Waals surface area contributed by atoms with E-state index >= 15 is 0 Å². The number of rotatable bonds is 9. The number of hydrogen-bond donors (Lipinski definition) is 1. The van der Waals surface area contributed by atoms with Crippen LogP contribution in [-0.2, 0) is 11.2 Å². The molecule has 1 unspecified atom stereocenters. The standard InChI is InChI=1S/C22H30N2O2/c1-5-24(6-2)21(18-10-8-7-9-11-18)22(25)23-15-14-19-16-17(3)12-13-20(19)26-4/h7-13,16,21H,5-6,14-15H2,1-4H3,(H,23,25). The van der Waals surface area contributed by atoms with Gasteiger partial charge in [0, 0.05) is 6.54 Å². The predicted molar refractivity (Wildman–Crippen MR) is 107 cm³/mol. The summed E-state index contributed by atoms with van der Waals surface area (Å²) in [7, 11) is 1.68. The van der Waals surface area contributed by atoms with Gasteiger partial charge in [0.25, 0.3) is 0 Å². The van der Waals surface area contributed by atoms with Gasteiger partial charge in [0.15, 0.2) is 0 Å². The highest BCUT2D eigenvalue weighted by Crippen LogP contribution is 2.22. The number of benzene rings is 2. The van der Waals surface area contributed by atoms with Crippen molar-refractivity contribution in [2.24, 2.45) is 0 Å². The zero-order valence-corrected chi connectivity index (χ0v) is 16.3. The maximum atomic E-state index is 12.9. The molecule has 140 valence electrons. The summed E-state index contributed by atoms with van der Waals surface area (Å²) in [5, 5.41) is 3.11. The molecule has 0 aliphatic rings. The number of carbonyl (C=O) groups excluding carboxylic acids is 1. The molecular weight excluding hydrogens is 324 g/mol. The van der Waals surface area contributed by atoms with Gasteiger partial charge in [-0.3, -0.25) is 9.69 Å². The third-order valence-electron chi connectivity index (χ3n) is 4.67. The fraction of sp³-hybridized carbons (Fsp3) is 0.409. The summed E-state index contributed by atoms with van der Waals surface area (Å²) in [5.41, 5.74) is 3.34. The lowest BCUT2D eigenvalue weighted by atomic mass is 10.0. The summed E-state index contributed by atoms with van der Waals surface area (Å²) < 4.78 is 5.43. The van der Waals surface area contributed by atoms with E-state index in [0.717, 1.165) is 36.4 Å². The number of ether oxygens (including phenoxy) is 1. The van der Waals surface area contributed by atoms with Crippen LogP contribution in [0.25, 0.3) is 0 Å².